The number of rotatable bonds is 5. The third kappa shape index (κ3) is 4.18. The lowest BCUT2D eigenvalue weighted by Crippen LogP contribution is -2.11. The van der Waals surface area contributed by atoms with Gasteiger partial charge in [0.2, 0.25) is 0 Å². The van der Waals surface area contributed by atoms with Crippen molar-refractivity contribution >= 4 is 11.8 Å². The Morgan fingerprint density at radius 1 is 1.00 bits per heavy atom. The molecule has 1 atom stereocenters. The van der Waals surface area contributed by atoms with Crippen LogP contribution in [0.2, 0.25) is 0 Å². The average molecular weight is 253 g/mol. The molecule has 2 rings (SSSR count). The van der Waals surface area contributed by atoms with E-state index in [4.69, 9.17) is 4.74 Å². The molecule has 0 aliphatic heterocycles. The lowest BCUT2D eigenvalue weighted by Gasteiger charge is -2.11. The van der Waals surface area contributed by atoms with E-state index in [0.29, 0.717) is 0 Å². The predicted molar refractivity (Wildman–Crippen MR) is 81.6 cm³/mol. The first-order valence-electron chi connectivity index (χ1n) is 6.42. The van der Waals surface area contributed by atoms with Gasteiger partial charge in [-0.15, -0.1) is 0 Å². The Kier molecular flexibility index (Phi) is 4.62. The van der Waals surface area contributed by atoms with Gasteiger partial charge in [0.05, 0.1) is 7.11 Å². The first-order chi connectivity index (χ1) is 9.28. The maximum atomic E-state index is 5.14. The molecule has 0 aliphatic carbocycles. The molecule has 0 saturated carbocycles. The molecule has 0 radical (unpaired) electrons. The summed E-state index contributed by atoms with van der Waals surface area (Å²) in [5.41, 5.74) is 2.30. The zero-order chi connectivity index (χ0) is 13.5. The van der Waals surface area contributed by atoms with Crippen LogP contribution in [0.5, 0.6) is 5.75 Å². The number of hydrogen-bond donors (Lipinski definition) is 1. The molecule has 0 aromatic heterocycles. The smallest absolute Gasteiger partial charge is 0.119 e. The normalized spacial score (nSPS) is 12.3. The Morgan fingerprint density at radius 2 is 1.68 bits per heavy atom. The van der Waals surface area contributed by atoms with Crippen molar-refractivity contribution in [3.05, 3.63) is 66.2 Å². The summed E-state index contributed by atoms with van der Waals surface area (Å²) < 4.78 is 5.14. The number of benzene rings is 2. The van der Waals surface area contributed by atoms with Gasteiger partial charge >= 0.3 is 0 Å². The van der Waals surface area contributed by atoms with E-state index in [1.54, 1.807) is 7.11 Å². The molecule has 1 unspecified atom stereocenters. The van der Waals surface area contributed by atoms with Crippen molar-refractivity contribution in [2.75, 3.05) is 12.4 Å². The van der Waals surface area contributed by atoms with E-state index >= 15 is 0 Å². The molecule has 2 aromatic carbocycles. The minimum Gasteiger partial charge on any atom is -0.497 e. The van der Waals surface area contributed by atoms with Crippen LogP contribution in [0.1, 0.15) is 12.5 Å². The molecule has 2 heteroatoms. The average Bonchev–Trinajstić information content (AvgIpc) is 2.47. The summed E-state index contributed by atoms with van der Waals surface area (Å²) in [7, 11) is 1.67. The summed E-state index contributed by atoms with van der Waals surface area (Å²) in [6, 6.07) is 18.5. The molecule has 0 aliphatic rings. The van der Waals surface area contributed by atoms with Crippen molar-refractivity contribution in [1.29, 1.82) is 0 Å². The molecule has 0 amide bonds. The fraction of sp³-hybridized carbons (Fsp3) is 0.176. The number of hydrogen-bond acceptors (Lipinski definition) is 2. The van der Waals surface area contributed by atoms with Crippen molar-refractivity contribution in [2.24, 2.45) is 0 Å². The summed E-state index contributed by atoms with van der Waals surface area (Å²) in [5, 5.41) is 3.42. The Bertz CT molecular complexity index is 517. The standard InChI is InChI=1S/C17H19NO/c1-14(8-9-15-6-4-3-5-7-15)18-16-10-12-17(19-2)13-11-16/h3-14,18H,1-2H3/b9-8+. The van der Waals surface area contributed by atoms with Crippen LogP contribution in [-0.4, -0.2) is 13.2 Å². The Balaban J connectivity index is 1.93. The summed E-state index contributed by atoms with van der Waals surface area (Å²) >= 11 is 0. The van der Waals surface area contributed by atoms with Crippen molar-refractivity contribution in [3.8, 4) is 5.75 Å². The molecule has 0 fully saturated rings. The van der Waals surface area contributed by atoms with Gasteiger partial charge in [-0.25, -0.2) is 0 Å². The van der Waals surface area contributed by atoms with Crippen LogP contribution < -0.4 is 10.1 Å². The van der Waals surface area contributed by atoms with Crippen LogP contribution in [0.4, 0.5) is 5.69 Å². The van der Waals surface area contributed by atoms with Crippen LogP contribution in [0.25, 0.3) is 6.08 Å². The maximum absolute atomic E-state index is 5.14. The van der Waals surface area contributed by atoms with Gasteiger partial charge in [0.15, 0.2) is 0 Å². The number of nitrogens with one attached hydrogen (secondary N) is 1. The molecule has 2 nitrogen and oxygen atoms in total. The van der Waals surface area contributed by atoms with Gasteiger partial charge in [-0.05, 0) is 36.8 Å². The van der Waals surface area contributed by atoms with Crippen molar-refractivity contribution in [3.63, 3.8) is 0 Å². The summed E-state index contributed by atoms with van der Waals surface area (Å²) in [6.07, 6.45) is 4.28. The first-order valence-corrected chi connectivity index (χ1v) is 6.42. The molecule has 1 N–H and O–H groups in total. The zero-order valence-electron chi connectivity index (χ0n) is 11.3. The highest BCUT2D eigenvalue weighted by Crippen LogP contribution is 2.16. The lowest BCUT2D eigenvalue weighted by atomic mass is 10.2. The predicted octanol–water partition coefficient (Wildman–Crippen LogP) is 4.21. The highest BCUT2D eigenvalue weighted by Gasteiger charge is 1.98. The topological polar surface area (TPSA) is 21.3 Å². The molecular formula is C17H19NO. The fourth-order valence-electron chi connectivity index (χ4n) is 1.82. The second kappa shape index (κ2) is 6.64. The fourth-order valence-corrected chi connectivity index (χ4v) is 1.82. The van der Waals surface area contributed by atoms with E-state index < -0.39 is 0 Å². The van der Waals surface area contributed by atoms with Gasteiger partial charge in [-0.3, -0.25) is 0 Å². The van der Waals surface area contributed by atoms with Gasteiger partial charge in [0, 0.05) is 11.7 Å². The van der Waals surface area contributed by atoms with Crippen LogP contribution in [0.3, 0.4) is 0 Å². The SMILES string of the molecule is COc1ccc(NC(C)/C=C/c2ccccc2)cc1. The van der Waals surface area contributed by atoms with Crippen LogP contribution in [0.15, 0.2) is 60.7 Å². The van der Waals surface area contributed by atoms with E-state index in [0.717, 1.165) is 11.4 Å². The highest BCUT2D eigenvalue weighted by atomic mass is 16.5. The minimum atomic E-state index is 0.272. The molecule has 0 heterocycles. The van der Waals surface area contributed by atoms with E-state index in [1.807, 2.05) is 42.5 Å². The van der Waals surface area contributed by atoms with E-state index in [1.165, 1.54) is 5.56 Å². The first kappa shape index (κ1) is 13.2. The van der Waals surface area contributed by atoms with Crippen LogP contribution in [-0.2, 0) is 0 Å². The molecular weight excluding hydrogens is 234 g/mol. The van der Waals surface area contributed by atoms with Gasteiger partial charge in [-0.2, -0.15) is 0 Å². The summed E-state index contributed by atoms with van der Waals surface area (Å²) in [6.45, 7) is 2.13. The minimum absolute atomic E-state index is 0.272. The van der Waals surface area contributed by atoms with E-state index in [9.17, 15) is 0 Å². The van der Waals surface area contributed by atoms with Gasteiger partial charge in [0.1, 0.15) is 5.75 Å². The number of anilines is 1. The Morgan fingerprint density at radius 3 is 2.32 bits per heavy atom. The molecule has 19 heavy (non-hydrogen) atoms. The third-order valence-electron chi connectivity index (χ3n) is 2.86. The molecule has 0 saturated heterocycles. The largest absolute Gasteiger partial charge is 0.497 e. The zero-order valence-corrected chi connectivity index (χ0v) is 11.3. The van der Waals surface area contributed by atoms with Gasteiger partial charge in [0.25, 0.3) is 0 Å². The van der Waals surface area contributed by atoms with Crippen molar-refractivity contribution in [2.45, 2.75) is 13.0 Å². The van der Waals surface area contributed by atoms with E-state index in [-0.39, 0.29) is 6.04 Å². The quantitative estimate of drug-likeness (QED) is 0.862. The second-order valence-electron chi connectivity index (χ2n) is 4.43. The highest BCUT2D eigenvalue weighted by molar-refractivity contribution is 5.52. The van der Waals surface area contributed by atoms with Gasteiger partial charge in [-0.1, -0.05) is 42.5 Å². The van der Waals surface area contributed by atoms with Gasteiger partial charge < -0.3 is 10.1 Å². The van der Waals surface area contributed by atoms with Crippen LogP contribution in [0, 0.1) is 0 Å². The molecule has 2 aromatic rings. The third-order valence-corrected chi connectivity index (χ3v) is 2.86. The maximum Gasteiger partial charge on any atom is 0.119 e. The summed E-state index contributed by atoms with van der Waals surface area (Å²) in [5.74, 6) is 0.873. The van der Waals surface area contributed by atoms with Crippen molar-refractivity contribution in [1.82, 2.24) is 0 Å². The Labute approximate surface area is 114 Å². The Hall–Kier alpha value is -2.22. The number of methoxy groups -OCH3 is 1. The molecule has 98 valence electrons. The van der Waals surface area contributed by atoms with Crippen LogP contribution >= 0.6 is 0 Å². The van der Waals surface area contributed by atoms with E-state index in [2.05, 4.69) is 36.5 Å². The monoisotopic (exact) mass is 253 g/mol. The second-order valence-corrected chi connectivity index (χ2v) is 4.43. The molecule has 0 bridgehead atoms. The molecule has 0 spiro atoms. The summed E-state index contributed by atoms with van der Waals surface area (Å²) in [4.78, 5) is 0. The lowest BCUT2D eigenvalue weighted by molar-refractivity contribution is 0.415. The van der Waals surface area contributed by atoms with Crippen molar-refractivity contribution < 1.29 is 4.74 Å². The number of ether oxygens (including phenoxy) is 1.